The molecule has 0 spiro atoms. The molecule has 2 N–H and O–H groups in total. The van der Waals surface area contributed by atoms with Gasteiger partial charge in [-0.15, -0.1) is 5.06 Å². The average molecular weight is 476 g/mol. The molecule has 2 aromatic rings. The molecule has 0 unspecified atom stereocenters. The van der Waals surface area contributed by atoms with Crippen LogP contribution in [0.1, 0.15) is 44.5 Å². The third kappa shape index (κ3) is 7.16. The Balaban J connectivity index is 1.62. The number of aryl methyl sites for hydroxylation is 2. The third-order valence-corrected chi connectivity index (χ3v) is 5.18. The van der Waals surface area contributed by atoms with Gasteiger partial charge in [-0.3, -0.25) is 4.98 Å². The maximum absolute atomic E-state index is 11.7. The van der Waals surface area contributed by atoms with Crippen molar-refractivity contribution in [2.45, 2.75) is 58.7 Å². The van der Waals surface area contributed by atoms with Gasteiger partial charge < -0.3 is 29.5 Å². The standard InChI is InChI=1S/C23H33N5O6/c1-15(2)32-23(30)34-28-11-9-18(10-12-28)33-22-20(31-4)21(24-14-25-22)27-19-8-7-17(6-5-13-29)26-16(19)3/h7-8,14-15,18,29H,5-6,9-13H2,1-4H3,(H,24,25,27). The summed E-state index contributed by atoms with van der Waals surface area (Å²) in [7, 11) is 1.54. The number of hydrogen-bond acceptors (Lipinski definition) is 11. The lowest BCUT2D eigenvalue weighted by Gasteiger charge is -2.30. The molecule has 186 valence electrons. The number of nitrogens with one attached hydrogen (secondary N) is 1. The molecule has 0 aromatic carbocycles. The number of aliphatic hydroxyl groups excluding tert-OH is 1. The van der Waals surface area contributed by atoms with Crippen molar-refractivity contribution >= 4 is 17.7 Å². The van der Waals surface area contributed by atoms with Gasteiger partial charge in [-0.25, -0.2) is 9.78 Å². The summed E-state index contributed by atoms with van der Waals surface area (Å²) >= 11 is 0. The molecule has 0 bridgehead atoms. The summed E-state index contributed by atoms with van der Waals surface area (Å²) in [6.07, 6.45) is 3.04. The van der Waals surface area contributed by atoms with Crippen LogP contribution in [0.3, 0.4) is 0 Å². The molecule has 0 radical (unpaired) electrons. The number of carbonyl (C=O) groups is 1. The van der Waals surface area contributed by atoms with E-state index in [0.29, 0.717) is 49.8 Å². The van der Waals surface area contributed by atoms with Crippen LogP contribution in [0.25, 0.3) is 0 Å². The second-order valence-electron chi connectivity index (χ2n) is 8.20. The van der Waals surface area contributed by atoms with Crippen LogP contribution in [0.4, 0.5) is 16.3 Å². The Kier molecular flexibility index (Phi) is 9.23. The molecule has 0 aliphatic carbocycles. The summed E-state index contributed by atoms with van der Waals surface area (Å²) in [4.78, 5) is 30.0. The number of methoxy groups -OCH3 is 1. The SMILES string of the molecule is COc1c(Nc2ccc(CCCO)nc2C)ncnc1OC1CCN(OC(=O)OC(C)C)CC1. The number of aliphatic hydroxyl groups is 1. The zero-order chi connectivity index (χ0) is 24.5. The molecule has 0 saturated carbocycles. The minimum Gasteiger partial charge on any atom is -0.489 e. The van der Waals surface area contributed by atoms with Crippen LogP contribution < -0.4 is 14.8 Å². The van der Waals surface area contributed by atoms with E-state index in [9.17, 15) is 4.79 Å². The Morgan fingerprint density at radius 1 is 1.26 bits per heavy atom. The van der Waals surface area contributed by atoms with Gasteiger partial charge in [0, 0.05) is 38.2 Å². The summed E-state index contributed by atoms with van der Waals surface area (Å²) in [5.41, 5.74) is 2.51. The van der Waals surface area contributed by atoms with Crippen molar-refractivity contribution in [1.82, 2.24) is 20.0 Å². The number of nitrogens with zero attached hydrogens (tertiary/aromatic N) is 4. The average Bonchev–Trinajstić information content (AvgIpc) is 2.80. The molecule has 11 nitrogen and oxygen atoms in total. The van der Waals surface area contributed by atoms with Gasteiger partial charge in [0.1, 0.15) is 12.4 Å². The van der Waals surface area contributed by atoms with Gasteiger partial charge in [-0.2, -0.15) is 4.98 Å². The largest absolute Gasteiger partial charge is 0.528 e. The van der Waals surface area contributed by atoms with E-state index < -0.39 is 6.16 Å². The molecule has 1 saturated heterocycles. The molecule has 11 heteroatoms. The number of pyridine rings is 1. The summed E-state index contributed by atoms with van der Waals surface area (Å²) in [5, 5.41) is 13.8. The van der Waals surface area contributed by atoms with Crippen molar-refractivity contribution in [3.8, 4) is 11.6 Å². The van der Waals surface area contributed by atoms with E-state index in [1.165, 1.54) is 13.4 Å². The number of hydroxylamine groups is 2. The maximum Gasteiger partial charge on any atom is 0.528 e. The Hall–Kier alpha value is -3.18. The third-order valence-electron chi connectivity index (χ3n) is 5.18. The number of ether oxygens (including phenoxy) is 3. The second kappa shape index (κ2) is 12.3. The van der Waals surface area contributed by atoms with Crippen LogP contribution in [-0.4, -0.2) is 70.3 Å². The Morgan fingerprint density at radius 2 is 2.03 bits per heavy atom. The zero-order valence-corrected chi connectivity index (χ0v) is 20.1. The summed E-state index contributed by atoms with van der Waals surface area (Å²) < 4.78 is 16.7. The first kappa shape index (κ1) is 25.4. The van der Waals surface area contributed by atoms with Crippen LogP contribution in [-0.2, 0) is 16.0 Å². The van der Waals surface area contributed by atoms with Crippen LogP contribution in [0.5, 0.6) is 11.6 Å². The molecule has 1 aliphatic rings. The molecule has 0 amide bonds. The minimum absolute atomic E-state index is 0.119. The number of carbonyl (C=O) groups excluding carboxylic acids is 1. The van der Waals surface area contributed by atoms with Crippen LogP contribution in [0, 0.1) is 6.92 Å². The molecule has 34 heavy (non-hydrogen) atoms. The van der Waals surface area contributed by atoms with E-state index >= 15 is 0 Å². The Labute approximate surface area is 199 Å². The summed E-state index contributed by atoms with van der Waals surface area (Å²) in [6.45, 7) is 6.62. The van der Waals surface area contributed by atoms with Crippen LogP contribution >= 0.6 is 0 Å². The number of hydrogen-bond donors (Lipinski definition) is 2. The van der Waals surface area contributed by atoms with Gasteiger partial charge in [-0.05, 0) is 45.7 Å². The number of rotatable bonds is 10. The Morgan fingerprint density at radius 3 is 2.68 bits per heavy atom. The van der Waals surface area contributed by atoms with Gasteiger partial charge in [0.05, 0.1) is 24.6 Å². The number of anilines is 2. The predicted octanol–water partition coefficient (Wildman–Crippen LogP) is 3.18. The van der Waals surface area contributed by atoms with Gasteiger partial charge in [0.2, 0.25) is 5.75 Å². The lowest BCUT2D eigenvalue weighted by Crippen LogP contribution is -2.40. The van der Waals surface area contributed by atoms with E-state index in [1.807, 2.05) is 19.1 Å². The molecule has 1 aliphatic heterocycles. The van der Waals surface area contributed by atoms with E-state index in [2.05, 4.69) is 20.3 Å². The van der Waals surface area contributed by atoms with Crippen molar-refractivity contribution in [3.63, 3.8) is 0 Å². The first-order valence-corrected chi connectivity index (χ1v) is 11.4. The lowest BCUT2D eigenvalue weighted by atomic mass is 10.1. The summed E-state index contributed by atoms with van der Waals surface area (Å²) in [5.74, 6) is 1.20. The van der Waals surface area contributed by atoms with Gasteiger partial charge in [0.15, 0.2) is 5.82 Å². The highest BCUT2D eigenvalue weighted by atomic mass is 16.8. The van der Waals surface area contributed by atoms with Gasteiger partial charge in [-0.1, -0.05) is 0 Å². The van der Waals surface area contributed by atoms with Crippen molar-refractivity contribution in [2.75, 3.05) is 32.1 Å². The highest BCUT2D eigenvalue weighted by Crippen LogP contribution is 2.35. The van der Waals surface area contributed by atoms with E-state index in [0.717, 1.165) is 23.5 Å². The monoisotopic (exact) mass is 475 g/mol. The topological polar surface area (TPSA) is 128 Å². The van der Waals surface area contributed by atoms with E-state index in [-0.39, 0.29) is 18.8 Å². The molecular weight excluding hydrogens is 442 g/mol. The lowest BCUT2D eigenvalue weighted by molar-refractivity contribution is -0.151. The second-order valence-corrected chi connectivity index (χ2v) is 8.20. The summed E-state index contributed by atoms with van der Waals surface area (Å²) in [6, 6.07) is 3.85. The molecule has 1 fully saturated rings. The molecule has 2 aromatic heterocycles. The van der Waals surface area contributed by atoms with E-state index in [4.69, 9.17) is 24.2 Å². The fourth-order valence-electron chi connectivity index (χ4n) is 3.51. The minimum atomic E-state index is -0.700. The molecular formula is C23H33N5O6. The predicted molar refractivity (Wildman–Crippen MR) is 124 cm³/mol. The first-order chi connectivity index (χ1) is 16.4. The van der Waals surface area contributed by atoms with Crippen molar-refractivity contribution in [3.05, 3.63) is 29.8 Å². The Bertz CT molecular complexity index is 949. The number of aromatic nitrogens is 3. The van der Waals surface area contributed by atoms with Crippen molar-refractivity contribution in [2.24, 2.45) is 0 Å². The van der Waals surface area contributed by atoms with Crippen molar-refractivity contribution < 1.29 is 28.9 Å². The van der Waals surface area contributed by atoms with Gasteiger partial charge >= 0.3 is 6.16 Å². The van der Waals surface area contributed by atoms with Crippen molar-refractivity contribution in [1.29, 1.82) is 0 Å². The highest BCUT2D eigenvalue weighted by Gasteiger charge is 2.26. The zero-order valence-electron chi connectivity index (χ0n) is 20.1. The first-order valence-electron chi connectivity index (χ1n) is 11.4. The van der Waals surface area contributed by atoms with E-state index in [1.54, 1.807) is 18.9 Å². The van der Waals surface area contributed by atoms with Crippen LogP contribution in [0.15, 0.2) is 18.5 Å². The van der Waals surface area contributed by atoms with Gasteiger partial charge in [0.25, 0.3) is 5.88 Å². The number of piperidine rings is 1. The smallest absolute Gasteiger partial charge is 0.489 e. The van der Waals surface area contributed by atoms with Crippen LogP contribution in [0.2, 0.25) is 0 Å². The maximum atomic E-state index is 11.7. The molecule has 0 atom stereocenters. The fourth-order valence-corrected chi connectivity index (χ4v) is 3.51. The fraction of sp³-hybridized carbons (Fsp3) is 0.565. The highest BCUT2D eigenvalue weighted by molar-refractivity contribution is 5.66. The quantitative estimate of drug-likeness (QED) is 0.492. The normalized spacial score (nSPS) is 14.6. The molecule has 3 heterocycles. The molecule has 3 rings (SSSR count).